The van der Waals surface area contributed by atoms with Crippen LogP contribution in [0.25, 0.3) is 0 Å². The van der Waals surface area contributed by atoms with Crippen LogP contribution in [-0.4, -0.2) is 56.6 Å². The fourth-order valence-corrected chi connectivity index (χ4v) is 4.18. The smallest absolute Gasteiger partial charge is 0.193 e. The number of rotatable bonds is 6. The zero-order chi connectivity index (χ0) is 18.4. The van der Waals surface area contributed by atoms with Gasteiger partial charge in [0, 0.05) is 51.7 Å². The Morgan fingerprint density at radius 3 is 2.78 bits per heavy atom. The summed E-state index contributed by atoms with van der Waals surface area (Å²) in [6, 6.07) is 10.4. The summed E-state index contributed by atoms with van der Waals surface area (Å²) in [6.45, 7) is 4.96. The molecule has 2 heterocycles. The molecule has 7 heteroatoms. The summed E-state index contributed by atoms with van der Waals surface area (Å²) in [6.07, 6.45) is 1.18. The quantitative estimate of drug-likeness (QED) is 0.375. The van der Waals surface area contributed by atoms with Gasteiger partial charge in [-0.2, -0.15) is 0 Å². The number of halogens is 1. The Balaban J connectivity index is 0.00000261. The fourth-order valence-electron chi connectivity index (χ4n) is 3.29. The molecule has 0 spiro atoms. The zero-order valence-electron chi connectivity index (χ0n) is 16.3. The van der Waals surface area contributed by atoms with E-state index in [1.54, 1.807) is 12.0 Å². The maximum absolute atomic E-state index is 5.22. The summed E-state index contributed by atoms with van der Waals surface area (Å²) >= 11 is 1.89. The van der Waals surface area contributed by atoms with Crippen molar-refractivity contribution in [2.45, 2.75) is 19.5 Å². The van der Waals surface area contributed by atoms with Crippen molar-refractivity contribution in [3.63, 3.8) is 0 Å². The second-order valence-electron chi connectivity index (χ2n) is 6.57. The molecule has 1 aliphatic rings. The summed E-state index contributed by atoms with van der Waals surface area (Å²) in [7, 11) is 5.60. The van der Waals surface area contributed by atoms with Crippen molar-refractivity contribution in [3.05, 3.63) is 51.7 Å². The standard InChI is InChI=1S/C20H28N4OS.HI/c1-21-20(23(2)14-16-4-6-18(25-3)7-5-16)22-10-12-24-11-8-19-17(15-24)9-13-26-19;/h4-7,9,13H,8,10-12,14-15H2,1-3H3,(H,21,22);1H. The predicted molar refractivity (Wildman–Crippen MR) is 125 cm³/mol. The molecule has 27 heavy (non-hydrogen) atoms. The first-order valence-corrected chi connectivity index (χ1v) is 9.90. The van der Waals surface area contributed by atoms with Gasteiger partial charge in [-0.05, 0) is 41.1 Å². The summed E-state index contributed by atoms with van der Waals surface area (Å²) in [4.78, 5) is 10.6. The summed E-state index contributed by atoms with van der Waals surface area (Å²) in [5.74, 6) is 1.81. The van der Waals surface area contributed by atoms with Gasteiger partial charge in [-0.25, -0.2) is 0 Å². The molecular weight excluding hydrogens is 471 g/mol. The Bertz CT molecular complexity index is 732. The van der Waals surface area contributed by atoms with Crippen LogP contribution in [0.15, 0.2) is 40.7 Å². The number of hydrogen-bond donors (Lipinski definition) is 1. The highest BCUT2D eigenvalue weighted by Gasteiger charge is 2.16. The highest BCUT2D eigenvalue weighted by atomic mass is 127. The number of ether oxygens (including phenoxy) is 1. The van der Waals surface area contributed by atoms with Crippen molar-refractivity contribution in [1.82, 2.24) is 15.1 Å². The first kappa shape index (κ1) is 22.0. The molecule has 1 aromatic carbocycles. The number of guanidine groups is 1. The minimum Gasteiger partial charge on any atom is -0.497 e. The zero-order valence-corrected chi connectivity index (χ0v) is 19.4. The predicted octanol–water partition coefficient (Wildman–Crippen LogP) is 3.44. The molecule has 0 saturated heterocycles. The van der Waals surface area contributed by atoms with Crippen LogP contribution in [0.1, 0.15) is 16.0 Å². The van der Waals surface area contributed by atoms with E-state index in [1.165, 1.54) is 17.5 Å². The van der Waals surface area contributed by atoms with E-state index in [9.17, 15) is 0 Å². The molecule has 0 unspecified atom stereocenters. The summed E-state index contributed by atoms with van der Waals surface area (Å²) in [5.41, 5.74) is 2.74. The van der Waals surface area contributed by atoms with Crippen molar-refractivity contribution in [1.29, 1.82) is 0 Å². The molecule has 0 radical (unpaired) electrons. The fraction of sp³-hybridized carbons (Fsp3) is 0.450. The third-order valence-corrected chi connectivity index (χ3v) is 5.77. The molecule has 1 N–H and O–H groups in total. The number of aliphatic imine (C=N–C) groups is 1. The first-order valence-electron chi connectivity index (χ1n) is 9.02. The van der Waals surface area contributed by atoms with E-state index in [0.29, 0.717) is 0 Å². The van der Waals surface area contributed by atoms with Crippen molar-refractivity contribution in [2.75, 3.05) is 40.8 Å². The first-order chi connectivity index (χ1) is 12.7. The molecule has 1 aliphatic heterocycles. The van der Waals surface area contributed by atoms with Gasteiger partial charge in [0.25, 0.3) is 0 Å². The van der Waals surface area contributed by atoms with Crippen LogP contribution >= 0.6 is 35.3 Å². The molecule has 1 aromatic heterocycles. The van der Waals surface area contributed by atoms with Gasteiger partial charge < -0.3 is 15.0 Å². The minimum atomic E-state index is 0. The van der Waals surface area contributed by atoms with E-state index in [0.717, 1.165) is 44.4 Å². The van der Waals surface area contributed by atoms with Gasteiger partial charge in [0.1, 0.15) is 5.75 Å². The number of methoxy groups -OCH3 is 1. The summed E-state index contributed by atoms with van der Waals surface area (Å²) in [5, 5.41) is 5.70. The lowest BCUT2D eigenvalue weighted by atomic mass is 10.1. The Hall–Kier alpha value is -1.32. The van der Waals surface area contributed by atoms with Gasteiger partial charge in [0.15, 0.2) is 5.96 Å². The molecule has 0 aliphatic carbocycles. The topological polar surface area (TPSA) is 40.1 Å². The van der Waals surface area contributed by atoms with Gasteiger partial charge in [-0.1, -0.05) is 12.1 Å². The lowest BCUT2D eigenvalue weighted by molar-refractivity contribution is 0.259. The molecule has 148 valence electrons. The highest BCUT2D eigenvalue weighted by molar-refractivity contribution is 14.0. The Kier molecular flexibility index (Phi) is 8.85. The average molecular weight is 500 g/mol. The molecule has 0 fully saturated rings. The lowest BCUT2D eigenvalue weighted by Gasteiger charge is -2.28. The third kappa shape index (κ3) is 6.08. The number of nitrogens with one attached hydrogen (secondary N) is 1. The average Bonchev–Trinajstić information content (AvgIpc) is 3.13. The van der Waals surface area contributed by atoms with Crippen LogP contribution in [0.4, 0.5) is 0 Å². The second kappa shape index (κ2) is 10.9. The van der Waals surface area contributed by atoms with Crippen LogP contribution in [-0.2, 0) is 19.5 Å². The van der Waals surface area contributed by atoms with Crippen molar-refractivity contribution < 1.29 is 4.74 Å². The number of nitrogens with zero attached hydrogens (tertiary/aromatic N) is 3. The van der Waals surface area contributed by atoms with Crippen molar-refractivity contribution in [3.8, 4) is 5.75 Å². The van der Waals surface area contributed by atoms with Crippen LogP contribution in [0.5, 0.6) is 5.75 Å². The Morgan fingerprint density at radius 1 is 1.30 bits per heavy atom. The van der Waals surface area contributed by atoms with Gasteiger partial charge in [-0.15, -0.1) is 35.3 Å². The maximum Gasteiger partial charge on any atom is 0.193 e. The van der Waals surface area contributed by atoms with Crippen molar-refractivity contribution >= 4 is 41.3 Å². The monoisotopic (exact) mass is 500 g/mol. The van der Waals surface area contributed by atoms with Crippen LogP contribution < -0.4 is 10.1 Å². The third-order valence-electron chi connectivity index (χ3n) is 4.75. The van der Waals surface area contributed by atoms with E-state index < -0.39 is 0 Å². The van der Waals surface area contributed by atoms with Crippen LogP contribution in [0, 0.1) is 0 Å². The van der Waals surface area contributed by atoms with E-state index in [-0.39, 0.29) is 24.0 Å². The molecule has 0 amide bonds. The summed E-state index contributed by atoms with van der Waals surface area (Å²) < 4.78 is 5.22. The van der Waals surface area contributed by atoms with E-state index in [4.69, 9.17) is 4.74 Å². The minimum absolute atomic E-state index is 0. The Labute approximate surface area is 183 Å². The van der Waals surface area contributed by atoms with E-state index in [2.05, 4.69) is 50.7 Å². The molecule has 0 saturated carbocycles. The number of thiophene rings is 1. The maximum atomic E-state index is 5.22. The second-order valence-corrected chi connectivity index (χ2v) is 7.57. The normalized spacial score (nSPS) is 14.3. The number of hydrogen-bond acceptors (Lipinski definition) is 4. The molecule has 2 aromatic rings. The van der Waals surface area contributed by atoms with Gasteiger partial charge >= 0.3 is 0 Å². The van der Waals surface area contributed by atoms with E-state index >= 15 is 0 Å². The number of fused-ring (bicyclic) bond motifs is 1. The SMILES string of the molecule is CN=C(NCCN1CCc2sccc2C1)N(C)Cc1ccc(OC)cc1.I. The molecule has 3 rings (SSSR count). The molecule has 0 atom stereocenters. The van der Waals surface area contributed by atoms with Crippen LogP contribution in [0.2, 0.25) is 0 Å². The van der Waals surface area contributed by atoms with Gasteiger partial charge in [-0.3, -0.25) is 9.89 Å². The lowest BCUT2D eigenvalue weighted by Crippen LogP contribution is -2.43. The van der Waals surface area contributed by atoms with E-state index in [1.807, 2.05) is 30.5 Å². The van der Waals surface area contributed by atoms with Gasteiger partial charge in [0.05, 0.1) is 7.11 Å². The molecular formula is C20H29IN4OS. The van der Waals surface area contributed by atoms with Crippen LogP contribution in [0.3, 0.4) is 0 Å². The highest BCUT2D eigenvalue weighted by Crippen LogP contribution is 2.23. The van der Waals surface area contributed by atoms with Crippen molar-refractivity contribution in [2.24, 2.45) is 4.99 Å². The largest absolute Gasteiger partial charge is 0.497 e. The molecule has 0 bridgehead atoms. The molecule has 5 nitrogen and oxygen atoms in total. The number of benzene rings is 1. The van der Waals surface area contributed by atoms with Gasteiger partial charge in [0.2, 0.25) is 0 Å². The Morgan fingerprint density at radius 2 is 2.07 bits per heavy atom.